The number of nitrogens with zero attached hydrogens (tertiary/aromatic N) is 3. The molecule has 0 bridgehead atoms. The van der Waals surface area contributed by atoms with Gasteiger partial charge in [-0.15, -0.1) is 0 Å². The maximum absolute atomic E-state index is 13.1. The normalized spacial score (nSPS) is 20.4. The summed E-state index contributed by atoms with van der Waals surface area (Å²) in [5, 5.41) is 7.44. The topological polar surface area (TPSA) is 77.2 Å². The van der Waals surface area contributed by atoms with Crippen LogP contribution in [0.4, 0.5) is 0 Å². The summed E-state index contributed by atoms with van der Waals surface area (Å²) in [6.45, 7) is 0.195. The Labute approximate surface area is 170 Å². The number of carbonyl (C=O) groups excluding carboxylic acids is 1. The molecule has 0 unspecified atom stereocenters. The highest BCUT2D eigenvalue weighted by molar-refractivity contribution is 6.30. The monoisotopic (exact) mass is 409 g/mol. The Balaban J connectivity index is 1.43. The van der Waals surface area contributed by atoms with Gasteiger partial charge in [0.05, 0.1) is 23.4 Å². The molecule has 1 aliphatic carbocycles. The maximum atomic E-state index is 13.1. The molecule has 1 fully saturated rings. The first-order valence-corrected chi connectivity index (χ1v) is 9.88. The molecule has 1 saturated carbocycles. The molecule has 0 radical (unpaired) electrons. The number of halogens is 1. The second-order valence-electron chi connectivity index (χ2n) is 7.51. The fraction of sp³-hybridized carbons (Fsp3) is 0.286. The average Bonchev–Trinajstić information content (AvgIpc) is 3.13. The van der Waals surface area contributed by atoms with Crippen molar-refractivity contribution in [1.82, 2.24) is 9.99 Å². The summed E-state index contributed by atoms with van der Waals surface area (Å²) in [5.74, 6) is 1.59. The number of hydrogen-bond acceptors (Lipinski definition) is 6. The SMILES string of the molecule is O=C(c1ccoc1)N1N=C(C2CC2)C[C@@H]1c1cc2cc3c(cc2nc1Cl)OCO3. The van der Waals surface area contributed by atoms with Crippen LogP contribution in [0.15, 0.2) is 46.3 Å². The van der Waals surface area contributed by atoms with Gasteiger partial charge in [0.15, 0.2) is 11.5 Å². The van der Waals surface area contributed by atoms with E-state index >= 15 is 0 Å². The molecular formula is C21H16ClN3O4. The Morgan fingerprint density at radius 2 is 2.00 bits per heavy atom. The molecule has 1 aromatic carbocycles. The minimum absolute atomic E-state index is 0.195. The van der Waals surface area contributed by atoms with Crippen LogP contribution in [0.25, 0.3) is 10.9 Å². The van der Waals surface area contributed by atoms with Crippen LogP contribution in [-0.2, 0) is 0 Å². The van der Waals surface area contributed by atoms with E-state index in [2.05, 4.69) is 10.1 Å². The van der Waals surface area contributed by atoms with E-state index in [1.807, 2.05) is 18.2 Å². The van der Waals surface area contributed by atoms with E-state index in [9.17, 15) is 4.79 Å². The fourth-order valence-corrected chi connectivity index (χ4v) is 4.21. The minimum atomic E-state index is -0.303. The lowest BCUT2D eigenvalue weighted by Gasteiger charge is -2.22. The van der Waals surface area contributed by atoms with Crippen molar-refractivity contribution in [2.75, 3.05) is 6.79 Å². The lowest BCUT2D eigenvalue weighted by atomic mass is 9.99. The maximum Gasteiger partial charge on any atom is 0.277 e. The largest absolute Gasteiger partial charge is 0.472 e. The lowest BCUT2D eigenvalue weighted by Crippen LogP contribution is -2.27. The molecule has 6 rings (SSSR count). The van der Waals surface area contributed by atoms with Crippen LogP contribution in [0.5, 0.6) is 11.5 Å². The van der Waals surface area contributed by atoms with Crippen LogP contribution in [0.1, 0.15) is 41.2 Å². The van der Waals surface area contributed by atoms with E-state index in [4.69, 9.17) is 25.5 Å². The van der Waals surface area contributed by atoms with Gasteiger partial charge in [-0.05, 0) is 37.0 Å². The first-order chi connectivity index (χ1) is 14.2. The molecule has 4 heterocycles. The predicted octanol–water partition coefficient (Wildman–Crippen LogP) is 4.56. The molecule has 29 heavy (non-hydrogen) atoms. The van der Waals surface area contributed by atoms with Gasteiger partial charge < -0.3 is 13.9 Å². The van der Waals surface area contributed by atoms with Crippen LogP contribution in [0.3, 0.4) is 0 Å². The number of ether oxygens (including phenoxy) is 2. The zero-order valence-electron chi connectivity index (χ0n) is 15.3. The van der Waals surface area contributed by atoms with E-state index < -0.39 is 0 Å². The number of aromatic nitrogens is 1. The number of hydrazone groups is 1. The van der Waals surface area contributed by atoms with Crippen molar-refractivity contribution in [2.24, 2.45) is 11.0 Å². The van der Waals surface area contributed by atoms with Crippen LogP contribution in [0.2, 0.25) is 5.15 Å². The molecular weight excluding hydrogens is 394 g/mol. The molecule has 3 aliphatic rings. The first-order valence-electron chi connectivity index (χ1n) is 9.50. The van der Waals surface area contributed by atoms with Gasteiger partial charge in [0, 0.05) is 29.1 Å². The van der Waals surface area contributed by atoms with E-state index in [1.165, 1.54) is 17.5 Å². The van der Waals surface area contributed by atoms with Gasteiger partial charge in [0.1, 0.15) is 11.4 Å². The summed E-state index contributed by atoms with van der Waals surface area (Å²) in [6, 6.07) is 7.03. The highest BCUT2D eigenvalue weighted by Gasteiger charge is 2.40. The molecule has 0 saturated heterocycles. The highest BCUT2D eigenvalue weighted by atomic mass is 35.5. The number of rotatable bonds is 3. The Morgan fingerprint density at radius 1 is 1.17 bits per heavy atom. The molecule has 0 spiro atoms. The van der Waals surface area contributed by atoms with Crippen molar-refractivity contribution in [1.29, 1.82) is 0 Å². The van der Waals surface area contributed by atoms with Gasteiger partial charge in [-0.3, -0.25) is 4.79 Å². The molecule has 2 aromatic heterocycles. The first kappa shape index (κ1) is 16.9. The molecule has 146 valence electrons. The number of fused-ring (bicyclic) bond motifs is 2. The molecule has 0 N–H and O–H groups in total. The Kier molecular flexibility index (Phi) is 3.61. The van der Waals surface area contributed by atoms with Crippen LogP contribution in [0, 0.1) is 5.92 Å². The summed E-state index contributed by atoms with van der Waals surface area (Å²) < 4.78 is 16.0. The van der Waals surface area contributed by atoms with E-state index in [-0.39, 0.29) is 18.7 Å². The highest BCUT2D eigenvalue weighted by Crippen LogP contribution is 2.44. The van der Waals surface area contributed by atoms with Gasteiger partial charge in [-0.25, -0.2) is 9.99 Å². The smallest absolute Gasteiger partial charge is 0.277 e. The zero-order chi connectivity index (χ0) is 19.5. The second-order valence-corrected chi connectivity index (χ2v) is 7.87. The predicted molar refractivity (Wildman–Crippen MR) is 105 cm³/mol. The van der Waals surface area contributed by atoms with Crippen molar-refractivity contribution < 1.29 is 18.7 Å². The lowest BCUT2D eigenvalue weighted by molar-refractivity contribution is 0.0710. The number of hydrogen-bond donors (Lipinski definition) is 0. The number of furan rings is 1. The van der Waals surface area contributed by atoms with Crippen molar-refractivity contribution >= 4 is 34.1 Å². The van der Waals surface area contributed by atoms with Crippen LogP contribution < -0.4 is 9.47 Å². The van der Waals surface area contributed by atoms with Crippen molar-refractivity contribution in [3.63, 3.8) is 0 Å². The number of carbonyl (C=O) groups is 1. The molecule has 2 aliphatic heterocycles. The van der Waals surface area contributed by atoms with Gasteiger partial charge in [-0.2, -0.15) is 5.10 Å². The van der Waals surface area contributed by atoms with Gasteiger partial charge in [0.2, 0.25) is 6.79 Å². The molecule has 8 heteroatoms. The fourth-order valence-electron chi connectivity index (χ4n) is 3.94. The summed E-state index contributed by atoms with van der Waals surface area (Å²) in [5.41, 5.74) is 3.00. The van der Waals surface area contributed by atoms with Gasteiger partial charge in [-0.1, -0.05) is 11.6 Å². The third-order valence-electron chi connectivity index (χ3n) is 5.61. The second kappa shape index (κ2) is 6.22. The summed E-state index contributed by atoms with van der Waals surface area (Å²) >= 11 is 6.58. The summed E-state index contributed by atoms with van der Waals surface area (Å²) in [7, 11) is 0. The van der Waals surface area contributed by atoms with Crippen molar-refractivity contribution in [3.8, 4) is 11.5 Å². The van der Waals surface area contributed by atoms with Crippen molar-refractivity contribution in [3.05, 3.63) is 53.1 Å². The summed E-state index contributed by atoms with van der Waals surface area (Å²) in [6.07, 6.45) is 5.81. The number of benzene rings is 1. The van der Waals surface area contributed by atoms with Gasteiger partial charge >= 0.3 is 0 Å². The summed E-state index contributed by atoms with van der Waals surface area (Å²) in [4.78, 5) is 17.6. The van der Waals surface area contributed by atoms with Crippen LogP contribution in [-0.4, -0.2) is 28.4 Å². The third kappa shape index (κ3) is 2.76. The Morgan fingerprint density at radius 3 is 2.76 bits per heavy atom. The average molecular weight is 410 g/mol. The van der Waals surface area contributed by atoms with E-state index in [0.717, 1.165) is 35.0 Å². The zero-order valence-corrected chi connectivity index (χ0v) is 16.1. The Hall–Kier alpha value is -3.06. The van der Waals surface area contributed by atoms with E-state index in [1.54, 1.807) is 6.07 Å². The molecule has 7 nitrogen and oxygen atoms in total. The minimum Gasteiger partial charge on any atom is -0.472 e. The number of pyridine rings is 1. The third-order valence-corrected chi connectivity index (χ3v) is 5.91. The van der Waals surface area contributed by atoms with Crippen LogP contribution >= 0.6 is 11.6 Å². The quantitative estimate of drug-likeness (QED) is 0.592. The molecule has 3 aromatic rings. The number of amides is 1. The molecule has 1 atom stereocenters. The standard InChI is InChI=1S/C21H16ClN3O4/c22-20-14(5-13-6-18-19(29-10-28-18)8-15(13)23-20)17-7-16(11-1-2-11)24-25(17)21(26)12-3-4-27-9-12/h3-6,8-9,11,17H,1-2,7,10H2/t17-/m1/s1. The van der Waals surface area contributed by atoms with E-state index in [0.29, 0.717) is 34.6 Å². The Bertz CT molecular complexity index is 1170. The molecule has 1 amide bonds. The van der Waals surface area contributed by atoms with Crippen molar-refractivity contribution in [2.45, 2.75) is 25.3 Å². The van der Waals surface area contributed by atoms with Gasteiger partial charge in [0.25, 0.3) is 5.91 Å².